The minimum atomic E-state index is -3.22. The van der Waals surface area contributed by atoms with Crippen molar-refractivity contribution in [2.75, 3.05) is 18.7 Å². The van der Waals surface area contributed by atoms with Crippen LogP contribution in [0.3, 0.4) is 0 Å². The van der Waals surface area contributed by atoms with Crippen molar-refractivity contribution in [1.29, 1.82) is 0 Å². The summed E-state index contributed by atoms with van der Waals surface area (Å²) in [5.41, 5.74) is -0.971. The molecule has 0 heterocycles. The number of nitrogens with zero attached hydrogens (tertiary/aromatic N) is 1. The minimum Gasteiger partial charge on any atom is -0.495 e. The molecule has 24 heavy (non-hydrogen) atoms. The van der Waals surface area contributed by atoms with E-state index in [-0.39, 0.29) is 17.0 Å². The molecule has 0 aliphatic carbocycles. The molecular weight excluding hydrogens is 342 g/mol. The predicted octanol–water partition coefficient (Wildman–Crippen LogP) is 1.64. The maximum atomic E-state index is 12.3. The van der Waals surface area contributed by atoms with Crippen LogP contribution in [-0.4, -0.2) is 45.0 Å². The highest BCUT2D eigenvalue weighted by atomic mass is 32.2. The summed E-state index contributed by atoms with van der Waals surface area (Å²) in [6, 6.07) is 3.78. The molecular formula is C14H19NO8S. The number of aromatic carboxylic acids is 1. The number of carboxylic acids is 1. The highest BCUT2D eigenvalue weighted by molar-refractivity contribution is 7.67. The van der Waals surface area contributed by atoms with Crippen LogP contribution >= 0.6 is 0 Å². The lowest BCUT2D eigenvalue weighted by molar-refractivity contribution is 0.0553. The molecule has 1 amide bonds. The highest BCUT2D eigenvalue weighted by Crippen LogP contribution is 2.30. The van der Waals surface area contributed by atoms with E-state index in [0.717, 1.165) is 11.0 Å². The van der Waals surface area contributed by atoms with Crippen LogP contribution in [0, 0.1) is 0 Å². The molecule has 0 aliphatic rings. The Balaban J connectivity index is 3.33. The topological polar surface area (TPSA) is 119 Å². The molecule has 1 rings (SSSR count). The third-order valence-corrected chi connectivity index (χ3v) is 2.95. The normalized spacial score (nSPS) is 11.2. The van der Waals surface area contributed by atoms with Gasteiger partial charge in [-0.2, -0.15) is 0 Å². The fraction of sp³-hybridized carbons (Fsp3) is 0.429. The van der Waals surface area contributed by atoms with Gasteiger partial charge in [0.25, 0.3) is 11.0 Å². The van der Waals surface area contributed by atoms with Gasteiger partial charge in [-0.25, -0.2) is 27.1 Å². The average molecular weight is 361 g/mol. The largest absolute Gasteiger partial charge is 0.495 e. The summed E-state index contributed by atoms with van der Waals surface area (Å²) in [6.45, 7) is 4.20. The molecule has 1 aromatic carbocycles. The number of hydrogen-bond acceptors (Lipinski definition) is 7. The van der Waals surface area contributed by atoms with E-state index in [1.54, 1.807) is 20.8 Å². The van der Waals surface area contributed by atoms with Gasteiger partial charge in [-0.3, -0.25) is 0 Å². The Labute approximate surface area is 140 Å². The molecule has 0 aliphatic heterocycles. The highest BCUT2D eigenvalue weighted by Gasteiger charge is 2.27. The van der Waals surface area contributed by atoms with Gasteiger partial charge in [0.1, 0.15) is 18.1 Å². The summed E-state index contributed by atoms with van der Waals surface area (Å²) in [7, 11) is -1.90. The second kappa shape index (κ2) is 7.97. The number of thiol groups is 1. The van der Waals surface area contributed by atoms with Gasteiger partial charge in [0, 0.05) is 0 Å². The molecule has 1 aromatic rings. The van der Waals surface area contributed by atoms with E-state index in [0.29, 0.717) is 0 Å². The van der Waals surface area contributed by atoms with Crippen LogP contribution < -0.4 is 9.64 Å². The summed E-state index contributed by atoms with van der Waals surface area (Å²) in [5, 5.41) is 9.09. The second-order valence-corrected chi connectivity index (χ2v) is 6.29. The lowest BCUT2D eigenvalue weighted by Crippen LogP contribution is -2.38. The van der Waals surface area contributed by atoms with Gasteiger partial charge in [-0.05, 0) is 39.0 Å². The number of hydrogen-bond donors (Lipinski definition) is 2. The molecule has 0 aromatic heterocycles. The molecule has 0 fully saturated rings. The van der Waals surface area contributed by atoms with E-state index < -0.39 is 35.4 Å². The number of amides is 1. The number of carbonyl (C=O) groups is 2. The van der Waals surface area contributed by atoms with Crippen molar-refractivity contribution < 1.29 is 36.8 Å². The van der Waals surface area contributed by atoms with Crippen molar-refractivity contribution in [3.8, 4) is 5.75 Å². The Kier molecular flexibility index (Phi) is 6.55. The standard InChI is InChI=1S/C14H19NO8S/c1-14(2,3)23-13(18)15(8-22-24(19)20)10-7-9(12(16)17)5-6-11(10)21-4/h5-7,24H,8H2,1-4H3,(H,16,17). The van der Waals surface area contributed by atoms with Gasteiger partial charge >= 0.3 is 12.1 Å². The molecule has 9 nitrogen and oxygen atoms in total. The lowest BCUT2D eigenvalue weighted by Gasteiger charge is -2.27. The van der Waals surface area contributed by atoms with Crippen molar-refractivity contribution >= 4 is 28.7 Å². The molecule has 0 bridgehead atoms. The van der Waals surface area contributed by atoms with Gasteiger partial charge in [-0.1, -0.05) is 0 Å². The van der Waals surface area contributed by atoms with Crippen molar-refractivity contribution in [1.82, 2.24) is 0 Å². The van der Waals surface area contributed by atoms with Crippen molar-refractivity contribution in [3.05, 3.63) is 23.8 Å². The monoisotopic (exact) mass is 361 g/mol. The van der Waals surface area contributed by atoms with Crippen LogP contribution in [0.25, 0.3) is 0 Å². The molecule has 1 N–H and O–H groups in total. The number of carbonyl (C=O) groups excluding carboxylic acids is 1. The summed E-state index contributed by atoms with van der Waals surface area (Å²) < 4.78 is 36.1. The third kappa shape index (κ3) is 5.70. The third-order valence-electron chi connectivity index (χ3n) is 2.62. The van der Waals surface area contributed by atoms with E-state index in [4.69, 9.17) is 14.6 Å². The Morgan fingerprint density at radius 1 is 1.25 bits per heavy atom. The molecule has 0 saturated carbocycles. The Morgan fingerprint density at radius 2 is 1.88 bits per heavy atom. The summed E-state index contributed by atoms with van der Waals surface area (Å²) in [6.07, 6.45) is -0.916. The number of rotatable bonds is 6. The van der Waals surface area contributed by atoms with Crippen LogP contribution in [0.1, 0.15) is 31.1 Å². The van der Waals surface area contributed by atoms with Crippen molar-refractivity contribution in [2.45, 2.75) is 26.4 Å². The first-order valence-corrected chi connectivity index (χ1v) is 7.84. The zero-order valence-electron chi connectivity index (χ0n) is 13.6. The molecule has 0 saturated heterocycles. The SMILES string of the molecule is COc1ccc(C(=O)O)cc1N(CO[SH](=O)=O)C(=O)OC(C)(C)C. The van der Waals surface area contributed by atoms with E-state index in [2.05, 4.69) is 4.18 Å². The molecule has 0 radical (unpaired) electrons. The lowest BCUT2D eigenvalue weighted by atomic mass is 10.1. The molecule has 0 unspecified atom stereocenters. The summed E-state index contributed by atoms with van der Waals surface area (Å²) >= 11 is 0. The Hall–Kier alpha value is -2.33. The van der Waals surface area contributed by atoms with Crippen molar-refractivity contribution in [2.24, 2.45) is 0 Å². The summed E-state index contributed by atoms with van der Waals surface area (Å²) in [5.74, 6) is -1.07. The van der Waals surface area contributed by atoms with Crippen LogP contribution in [0.2, 0.25) is 0 Å². The van der Waals surface area contributed by atoms with E-state index in [1.807, 2.05) is 0 Å². The van der Waals surface area contributed by atoms with Gasteiger partial charge < -0.3 is 14.6 Å². The van der Waals surface area contributed by atoms with Gasteiger partial charge in [-0.15, -0.1) is 0 Å². The number of anilines is 1. The predicted molar refractivity (Wildman–Crippen MR) is 84.9 cm³/mol. The van der Waals surface area contributed by atoms with Crippen LogP contribution in [0.5, 0.6) is 5.75 Å². The first kappa shape index (κ1) is 19.7. The average Bonchev–Trinajstić information content (AvgIpc) is 2.44. The fourth-order valence-corrected chi connectivity index (χ4v) is 1.89. The minimum absolute atomic E-state index is 0.00324. The maximum Gasteiger partial charge on any atom is 0.416 e. The van der Waals surface area contributed by atoms with Crippen LogP contribution in [0.4, 0.5) is 10.5 Å². The van der Waals surface area contributed by atoms with E-state index in [9.17, 15) is 18.0 Å². The van der Waals surface area contributed by atoms with E-state index in [1.165, 1.54) is 19.2 Å². The van der Waals surface area contributed by atoms with E-state index >= 15 is 0 Å². The zero-order valence-corrected chi connectivity index (χ0v) is 14.5. The molecule has 0 atom stereocenters. The fourth-order valence-electron chi connectivity index (χ4n) is 1.68. The number of benzene rings is 1. The molecule has 134 valence electrons. The molecule has 10 heteroatoms. The number of carboxylic acid groups (broad SMARTS) is 1. The van der Waals surface area contributed by atoms with Crippen molar-refractivity contribution in [3.63, 3.8) is 0 Å². The first-order valence-electron chi connectivity index (χ1n) is 6.74. The number of ether oxygens (including phenoxy) is 2. The smallest absolute Gasteiger partial charge is 0.416 e. The quantitative estimate of drug-likeness (QED) is 0.580. The Morgan fingerprint density at radius 3 is 2.33 bits per heavy atom. The van der Waals surface area contributed by atoms with Crippen LogP contribution in [-0.2, 0) is 19.9 Å². The van der Waals surface area contributed by atoms with Gasteiger partial charge in [0.05, 0.1) is 18.4 Å². The first-order chi connectivity index (χ1) is 11.0. The zero-order chi connectivity index (χ0) is 18.5. The Bertz CT molecular complexity index is 685. The van der Waals surface area contributed by atoms with Crippen LogP contribution in [0.15, 0.2) is 18.2 Å². The summed E-state index contributed by atoms with van der Waals surface area (Å²) in [4.78, 5) is 24.3. The second-order valence-electron chi connectivity index (χ2n) is 5.58. The van der Waals surface area contributed by atoms with Gasteiger partial charge in [0.2, 0.25) is 0 Å². The number of methoxy groups -OCH3 is 1. The molecule has 0 spiro atoms. The van der Waals surface area contributed by atoms with Gasteiger partial charge in [0.15, 0.2) is 0 Å². The maximum absolute atomic E-state index is 12.3.